The number of esters is 1. The molecule has 2 rings (SSSR count). The van der Waals surface area contributed by atoms with Gasteiger partial charge in [0.1, 0.15) is 0 Å². The predicted molar refractivity (Wildman–Crippen MR) is 67.0 cm³/mol. The summed E-state index contributed by atoms with van der Waals surface area (Å²) in [6.45, 7) is 1.06. The van der Waals surface area contributed by atoms with Crippen LogP contribution in [0.1, 0.15) is 47.6 Å². The molecule has 0 aromatic heterocycles. The normalized spacial score (nSPS) is 20.6. The summed E-state index contributed by atoms with van der Waals surface area (Å²) in [5.41, 5.74) is 1.82. The molecule has 3 heteroatoms. The van der Waals surface area contributed by atoms with Crippen LogP contribution in [0.15, 0.2) is 24.3 Å². The van der Waals surface area contributed by atoms with Crippen molar-refractivity contribution in [1.29, 1.82) is 0 Å². The van der Waals surface area contributed by atoms with Crippen LogP contribution in [-0.4, -0.2) is 19.6 Å². The van der Waals surface area contributed by atoms with Crippen molar-refractivity contribution in [2.75, 3.05) is 13.7 Å². The zero-order chi connectivity index (χ0) is 12.1. The van der Waals surface area contributed by atoms with Crippen molar-refractivity contribution < 1.29 is 9.53 Å². The minimum Gasteiger partial charge on any atom is -0.465 e. The Bertz CT molecular complexity index is 382. The van der Waals surface area contributed by atoms with E-state index in [1.54, 1.807) is 6.07 Å². The molecule has 0 aliphatic carbocycles. The first-order chi connectivity index (χ1) is 8.31. The highest BCUT2D eigenvalue weighted by Gasteiger charge is 2.15. The summed E-state index contributed by atoms with van der Waals surface area (Å²) in [4.78, 5) is 11.5. The molecule has 0 amide bonds. The zero-order valence-electron chi connectivity index (χ0n) is 10.2. The van der Waals surface area contributed by atoms with E-state index < -0.39 is 0 Å². The maximum absolute atomic E-state index is 11.5. The van der Waals surface area contributed by atoms with E-state index >= 15 is 0 Å². The molecule has 0 saturated carbocycles. The Balaban J connectivity index is 2.16. The minimum absolute atomic E-state index is 0.263. The summed E-state index contributed by atoms with van der Waals surface area (Å²) in [5.74, 6) is -0.263. The molecule has 0 bridgehead atoms. The van der Waals surface area contributed by atoms with E-state index in [1.165, 1.54) is 31.9 Å². The smallest absolute Gasteiger partial charge is 0.337 e. The molecule has 1 unspecified atom stereocenters. The number of methoxy groups -OCH3 is 1. The van der Waals surface area contributed by atoms with Crippen molar-refractivity contribution >= 4 is 5.97 Å². The molecule has 17 heavy (non-hydrogen) atoms. The van der Waals surface area contributed by atoms with Crippen LogP contribution in [0.5, 0.6) is 0 Å². The SMILES string of the molecule is COC(=O)c1cccc(C2CCCCCN2)c1. The molecular weight excluding hydrogens is 214 g/mol. The maximum atomic E-state index is 11.5. The van der Waals surface area contributed by atoms with Gasteiger partial charge in [0.05, 0.1) is 12.7 Å². The maximum Gasteiger partial charge on any atom is 0.337 e. The van der Waals surface area contributed by atoms with E-state index in [2.05, 4.69) is 11.4 Å². The fraction of sp³-hybridized carbons (Fsp3) is 0.500. The van der Waals surface area contributed by atoms with Crippen LogP contribution in [0.2, 0.25) is 0 Å². The third-order valence-electron chi connectivity index (χ3n) is 3.27. The van der Waals surface area contributed by atoms with Crippen LogP contribution in [0.3, 0.4) is 0 Å². The number of carbonyl (C=O) groups is 1. The van der Waals surface area contributed by atoms with E-state index in [1.807, 2.05) is 12.1 Å². The lowest BCUT2D eigenvalue weighted by Gasteiger charge is -2.16. The number of ether oxygens (including phenoxy) is 1. The van der Waals surface area contributed by atoms with Gasteiger partial charge in [0.25, 0.3) is 0 Å². The van der Waals surface area contributed by atoms with Gasteiger partial charge in [0.2, 0.25) is 0 Å². The second-order valence-corrected chi connectivity index (χ2v) is 4.47. The molecule has 1 aliphatic rings. The number of nitrogens with one attached hydrogen (secondary N) is 1. The number of carbonyl (C=O) groups excluding carboxylic acids is 1. The highest BCUT2D eigenvalue weighted by molar-refractivity contribution is 5.89. The topological polar surface area (TPSA) is 38.3 Å². The van der Waals surface area contributed by atoms with Gasteiger partial charge in [-0.05, 0) is 37.1 Å². The lowest BCUT2D eigenvalue weighted by atomic mass is 10.00. The third-order valence-corrected chi connectivity index (χ3v) is 3.27. The van der Waals surface area contributed by atoms with Crippen LogP contribution in [0.4, 0.5) is 0 Å². The average Bonchev–Trinajstić information content (AvgIpc) is 2.67. The van der Waals surface area contributed by atoms with Gasteiger partial charge >= 0.3 is 5.97 Å². The molecule has 1 aliphatic heterocycles. The number of benzene rings is 1. The van der Waals surface area contributed by atoms with Gasteiger partial charge in [-0.2, -0.15) is 0 Å². The van der Waals surface area contributed by atoms with Crippen LogP contribution in [0, 0.1) is 0 Å². The monoisotopic (exact) mass is 233 g/mol. The predicted octanol–water partition coefficient (Wildman–Crippen LogP) is 2.68. The molecule has 0 spiro atoms. The van der Waals surface area contributed by atoms with E-state index in [9.17, 15) is 4.79 Å². The highest BCUT2D eigenvalue weighted by atomic mass is 16.5. The van der Waals surface area contributed by atoms with Crippen molar-refractivity contribution in [2.45, 2.75) is 31.7 Å². The van der Waals surface area contributed by atoms with Crippen LogP contribution in [-0.2, 0) is 4.74 Å². The molecule has 3 nitrogen and oxygen atoms in total. The Morgan fingerprint density at radius 2 is 2.24 bits per heavy atom. The third kappa shape index (κ3) is 3.07. The Labute approximate surface area is 102 Å². The summed E-state index contributed by atoms with van der Waals surface area (Å²) >= 11 is 0. The summed E-state index contributed by atoms with van der Waals surface area (Å²) in [6, 6.07) is 8.12. The van der Waals surface area contributed by atoms with Crippen LogP contribution >= 0.6 is 0 Å². The summed E-state index contributed by atoms with van der Waals surface area (Å²) < 4.78 is 4.74. The molecule has 1 N–H and O–H groups in total. The molecule has 1 heterocycles. The lowest BCUT2D eigenvalue weighted by molar-refractivity contribution is 0.0600. The number of hydrogen-bond acceptors (Lipinski definition) is 3. The van der Waals surface area contributed by atoms with Crippen LogP contribution < -0.4 is 5.32 Å². The lowest BCUT2D eigenvalue weighted by Crippen LogP contribution is -2.20. The van der Waals surface area contributed by atoms with Gasteiger partial charge in [0, 0.05) is 6.04 Å². The molecule has 1 fully saturated rings. The molecule has 92 valence electrons. The fourth-order valence-corrected chi connectivity index (χ4v) is 2.31. The first-order valence-electron chi connectivity index (χ1n) is 6.23. The van der Waals surface area contributed by atoms with Gasteiger partial charge in [-0.25, -0.2) is 4.79 Å². The molecule has 0 radical (unpaired) electrons. The number of hydrogen-bond donors (Lipinski definition) is 1. The fourth-order valence-electron chi connectivity index (χ4n) is 2.31. The molecule has 1 aromatic rings. The second kappa shape index (κ2) is 5.82. The molecule has 1 atom stereocenters. The minimum atomic E-state index is -0.263. The summed E-state index contributed by atoms with van der Waals surface area (Å²) in [6.07, 6.45) is 4.93. The van der Waals surface area contributed by atoms with Crippen molar-refractivity contribution in [3.63, 3.8) is 0 Å². The van der Waals surface area contributed by atoms with Gasteiger partial charge < -0.3 is 10.1 Å². The summed E-state index contributed by atoms with van der Waals surface area (Å²) in [7, 11) is 1.42. The van der Waals surface area contributed by atoms with Crippen molar-refractivity contribution in [2.24, 2.45) is 0 Å². The van der Waals surface area contributed by atoms with Crippen LogP contribution in [0.25, 0.3) is 0 Å². The Kier molecular flexibility index (Phi) is 4.15. The highest BCUT2D eigenvalue weighted by Crippen LogP contribution is 2.23. The Hall–Kier alpha value is -1.35. The second-order valence-electron chi connectivity index (χ2n) is 4.47. The Morgan fingerprint density at radius 1 is 1.35 bits per heavy atom. The van der Waals surface area contributed by atoms with Gasteiger partial charge in [-0.15, -0.1) is 0 Å². The molecule has 1 saturated heterocycles. The molecular formula is C14H19NO2. The average molecular weight is 233 g/mol. The largest absolute Gasteiger partial charge is 0.465 e. The standard InChI is InChI=1S/C14H19NO2/c1-17-14(16)12-7-5-6-11(10-12)13-8-3-2-4-9-15-13/h5-7,10,13,15H,2-4,8-9H2,1H3. The zero-order valence-corrected chi connectivity index (χ0v) is 10.2. The van der Waals surface area contributed by atoms with Gasteiger partial charge in [0.15, 0.2) is 0 Å². The van der Waals surface area contributed by atoms with E-state index in [-0.39, 0.29) is 5.97 Å². The molecule has 1 aromatic carbocycles. The first-order valence-corrected chi connectivity index (χ1v) is 6.23. The number of rotatable bonds is 2. The first kappa shape index (κ1) is 12.1. The Morgan fingerprint density at radius 3 is 3.06 bits per heavy atom. The van der Waals surface area contributed by atoms with Crippen molar-refractivity contribution in [1.82, 2.24) is 5.32 Å². The summed E-state index contributed by atoms with van der Waals surface area (Å²) in [5, 5.41) is 3.53. The van der Waals surface area contributed by atoms with Crippen molar-refractivity contribution in [3.05, 3.63) is 35.4 Å². The quantitative estimate of drug-likeness (QED) is 0.798. The van der Waals surface area contributed by atoms with Gasteiger partial charge in [-0.3, -0.25) is 0 Å². The van der Waals surface area contributed by atoms with E-state index in [4.69, 9.17) is 4.74 Å². The van der Waals surface area contributed by atoms with Crippen molar-refractivity contribution in [3.8, 4) is 0 Å². The van der Waals surface area contributed by atoms with E-state index in [0.29, 0.717) is 11.6 Å². The van der Waals surface area contributed by atoms with Gasteiger partial charge in [-0.1, -0.05) is 25.0 Å². The van der Waals surface area contributed by atoms with E-state index in [0.717, 1.165) is 13.0 Å².